The molecule has 1 N–H and O–H groups in total. The summed E-state index contributed by atoms with van der Waals surface area (Å²) in [4.78, 5) is 11.1. The van der Waals surface area contributed by atoms with Gasteiger partial charge in [0.1, 0.15) is 12.1 Å². The Morgan fingerprint density at radius 1 is 1.25 bits per heavy atom. The Morgan fingerprint density at radius 2 is 2.10 bits per heavy atom. The molecule has 1 unspecified atom stereocenters. The first-order valence-electron chi connectivity index (χ1n) is 7.19. The average molecular weight is 274 g/mol. The molecule has 1 atom stereocenters. The third-order valence-corrected chi connectivity index (χ3v) is 4.40. The Hall–Kier alpha value is -1.69. The number of aromatic nitrogens is 4. The smallest absolute Gasteiger partial charge is 0.163 e. The molecular formula is C14H22N6. The Kier molecular flexibility index (Phi) is 3.33. The van der Waals surface area contributed by atoms with E-state index in [0.29, 0.717) is 0 Å². The van der Waals surface area contributed by atoms with Gasteiger partial charge in [-0.15, -0.1) is 0 Å². The fourth-order valence-corrected chi connectivity index (χ4v) is 3.05. The third kappa shape index (κ3) is 2.14. The highest BCUT2D eigenvalue weighted by atomic mass is 15.3. The van der Waals surface area contributed by atoms with Crippen LogP contribution in [0.25, 0.3) is 11.0 Å². The van der Waals surface area contributed by atoms with Crippen LogP contribution < -0.4 is 5.32 Å². The minimum absolute atomic E-state index is 0.0336. The van der Waals surface area contributed by atoms with Crippen LogP contribution in [0.1, 0.15) is 26.2 Å². The summed E-state index contributed by atoms with van der Waals surface area (Å²) >= 11 is 0. The Morgan fingerprint density at radius 3 is 2.90 bits per heavy atom. The van der Waals surface area contributed by atoms with Crippen LogP contribution in [0.2, 0.25) is 0 Å². The molecule has 0 aliphatic carbocycles. The van der Waals surface area contributed by atoms with E-state index in [9.17, 15) is 0 Å². The van der Waals surface area contributed by atoms with Gasteiger partial charge in [-0.3, -0.25) is 0 Å². The lowest BCUT2D eigenvalue weighted by atomic mass is 9.93. The van der Waals surface area contributed by atoms with Gasteiger partial charge in [0.15, 0.2) is 5.65 Å². The van der Waals surface area contributed by atoms with Gasteiger partial charge >= 0.3 is 0 Å². The molecule has 0 aromatic carbocycles. The lowest BCUT2D eigenvalue weighted by Gasteiger charge is -2.29. The minimum Gasteiger partial charge on any atom is -0.372 e. The Labute approximate surface area is 119 Å². The van der Waals surface area contributed by atoms with Crippen molar-refractivity contribution >= 4 is 16.9 Å². The highest BCUT2D eigenvalue weighted by molar-refractivity contribution is 5.86. The summed E-state index contributed by atoms with van der Waals surface area (Å²) in [6.45, 7) is 4.55. The van der Waals surface area contributed by atoms with Gasteiger partial charge in [-0.05, 0) is 39.8 Å². The van der Waals surface area contributed by atoms with Crippen LogP contribution in [0.15, 0.2) is 12.5 Å². The molecule has 1 fully saturated rings. The lowest BCUT2D eigenvalue weighted by Crippen LogP contribution is -2.32. The third-order valence-electron chi connectivity index (χ3n) is 4.40. The highest BCUT2D eigenvalue weighted by Gasteiger charge is 2.31. The van der Waals surface area contributed by atoms with Crippen LogP contribution in [0, 0.1) is 0 Å². The van der Waals surface area contributed by atoms with E-state index in [4.69, 9.17) is 0 Å². The molecule has 1 saturated heterocycles. The summed E-state index contributed by atoms with van der Waals surface area (Å²) in [5.41, 5.74) is 0.961. The molecule has 0 bridgehead atoms. The molecule has 1 aliphatic heterocycles. The van der Waals surface area contributed by atoms with E-state index in [1.807, 2.05) is 13.2 Å². The molecule has 0 spiro atoms. The number of fused-ring (bicyclic) bond motifs is 1. The number of nitrogens with one attached hydrogen (secondary N) is 1. The highest BCUT2D eigenvalue weighted by Crippen LogP contribution is 2.32. The van der Waals surface area contributed by atoms with Gasteiger partial charge in [0.25, 0.3) is 0 Å². The fourth-order valence-electron chi connectivity index (χ4n) is 3.05. The van der Waals surface area contributed by atoms with Crippen LogP contribution in [0.5, 0.6) is 0 Å². The molecule has 0 amide bonds. The van der Waals surface area contributed by atoms with E-state index < -0.39 is 0 Å². The predicted molar refractivity (Wildman–Crippen MR) is 79.9 cm³/mol. The molecule has 0 radical (unpaired) electrons. The lowest BCUT2D eigenvalue weighted by molar-refractivity contribution is 0.250. The number of hydrogen-bond acceptors (Lipinski definition) is 5. The van der Waals surface area contributed by atoms with Gasteiger partial charge in [0.05, 0.1) is 17.1 Å². The first-order valence-corrected chi connectivity index (χ1v) is 7.19. The summed E-state index contributed by atoms with van der Waals surface area (Å²) in [5.74, 6) is 0.843. The van der Waals surface area contributed by atoms with E-state index in [1.54, 1.807) is 6.33 Å². The maximum Gasteiger partial charge on any atom is 0.163 e. The molecule has 2 aromatic heterocycles. The summed E-state index contributed by atoms with van der Waals surface area (Å²) in [6.07, 6.45) is 6.91. The summed E-state index contributed by atoms with van der Waals surface area (Å²) in [6, 6.07) is 0. The summed E-state index contributed by atoms with van der Waals surface area (Å²) < 4.78 is 2.10. The van der Waals surface area contributed by atoms with Crippen molar-refractivity contribution in [3.63, 3.8) is 0 Å². The van der Waals surface area contributed by atoms with Gasteiger partial charge in [-0.1, -0.05) is 0 Å². The van der Waals surface area contributed by atoms with Crippen LogP contribution in [0.4, 0.5) is 5.82 Å². The first kappa shape index (κ1) is 13.3. The number of rotatable bonds is 2. The molecule has 3 rings (SSSR count). The fraction of sp³-hybridized carbons (Fsp3) is 0.643. The van der Waals surface area contributed by atoms with Crippen molar-refractivity contribution in [2.45, 2.75) is 31.7 Å². The van der Waals surface area contributed by atoms with E-state index in [0.717, 1.165) is 42.8 Å². The van der Waals surface area contributed by atoms with Crippen molar-refractivity contribution in [1.82, 2.24) is 24.6 Å². The minimum atomic E-state index is 0.0336. The second kappa shape index (κ2) is 5.01. The van der Waals surface area contributed by atoms with Crippen molar-refractivity contribution in [1.29, 1.82) is 0 Å². The maximum atomic E-state index is 4.62. The van der Waals surface area contributed by atoms with E-state index in [2.05, 4.69) is 43.9 Å². The molecule has 1 aliphatic rings. The zero-order valence-electron chi connectivity index (χ0n) is 12.4. The summed E-state index contributed by atoms with van der Waals surface area (Å²) in [5, 5.41) is 8.72. The molecule has 20 heavy (non-hydrogen) atoms. The Bertz CT molecular complexity index is 607. The number of hydrogen-bond donors (Lipinski definition) is 1. The van der Waals surface area contributed by atoms with Crippen molar-refractivity contribution < 1.29 is 0 Å². The molecule has 6 nitrogen and oxygen atoms in total. The van der Waals surface area contributed by atoms with Crippen LogP contribution in [0.3, 0.4) is 0 Å². The van der Waals surface area contributed by atoms with Crippen molar-refractivity contribution in [2.75, 3.05) is 32.5 Å². The molecule has 3 heterocycles. The van der Waals surface area contributed by atoms with E-state index in [1.165, 1.54) is 6.42 Å². The standard InChI is InChI=1S/C14H22N6/c1-14(5-4-7-19(3)8-6-14)20-13-11(9-18-20)12(15-2)16-10-17-13/h9-10H,4-8H2,1-3H3,(H,15,16,17). The van der Waals surface area contributed by atoms with Crippen molar-refractivity contribution in [3.05, 3.63) is 12.5 Å². The zero-order chi connectivity index (χ0) is 14.2. The zero-order valence-corrected chi connectivity index (χ0v) is 12.4. The average Bonchev–Trinajstić information content (AvgIpc) is 2.82. The van der Waals surface area contributed by atoms with Gasteiger partial charge in [0.2, 0.25) is 0 Å². The maximum absolute atomic E-state index is 4.62. The van der Waals surface area contributed by atoms with Gasteiger partial charge in [0, 0.05) is 13.6 Å². The Balaban J connectivity index is 2.05. The number of likely N-dealkylation sites (tertiary alicyclic amines) is 1. The second-order valence-electron chi connectivity index (χ2n) is 5.92. The van der Waals surface area contributed by atoms with Gasteiger partial charge in [-0.25, -0.2) is 14.6 Å². The SMILES string of the molecule is CNc1ncnc2c1cnn2C1(C)CCCN(C)CC1. The van der Waals surface area contributed by atoms with Crippen LogP contribution in [-0.4, -0.2) is 51.8 Å². The number of anilines is 1. The van der Waals surface area contributed by atoms with E-state index >= 15 is 0 Å². The molecule has 108 valence electrons. The molecule has 6 heteroatoms. The number of nitrogens with zero attached hydrogens (tertiary/aromatic N) is 5. The normalized spacial score (nSPS) is 24.8. The topological polar surface area (TPSA) is 58.9 Å². The van der Waals surface area contributed by atoms with Crippen LogP contribution in [-0.2, 0) is 5.54 Å². The molecule has 0 saturated carbocycles. The quantitative estimate of drug-likeness (QED) is 0.903. The van der Waals surface area contributed by atoms with Crippen LogP contribution >= 0.6 is 0 Å². The molecular weight excluding hydrogens is 252 g/mol. The molecule has 2 aromatic rings. The van der Waals surface area contributed by atoms with Gasteiger partial charge < -0.3 is 10.2 Å². The largest absolute Gasteiger partial charge is 0.372 e. The predicted octanol–water partition coefficient (Wildman–Crippen LogP) is 1.70. The summed E-state index contributed by atoms with van der Waals surface area (Å²) in [7, 11) is 4.07. The van der Waals surface area contributed by atoms with Gasteiger partial charge in [-0.2, -0.15) is 5.10 Å². The van der Waals surface area contributed by atoms with Crippen molar-refractivity contribution in [3.8, 4) is 0 Å². The second-order valence-corrected chi connectivity index (χ2v) is 5.92. The van der Waals surface area contributed by atoms with Crippen molar-refractivity contribution in [2.24, 2.45) is 0 Å². The first-order chi connectivity index (χ1) is 9.64. The monoisotopic (exact) mass is 274 g/mol. The van der Waals surface area contributed by atoms with E-state index in [-0.39, 0.29) is 5.54 Å².